The number of anilines is 2. The molecule has 0 unspecified atom stereocenters. The van der Waals surface area contributed by atoms with Crippen molar-refractivity contribution in [2.24, 2.45) is 0 Å². The minimum atomic E-state index is -0.624. The highest BCUT2D eigenvalue weighted by Gasteiger charge is 2.16. The summed E-state index contributed by atoms with van der Waals surface area (Å²) in [5.74, 6) is -0.0850. The third-order valence-corrected chi connectivity index (χ3v) is 4.47. The van der Waals surface area contributed by atoms with E-state index in [4.69, 9.17) is 10.8 Å². The van der Waals surface area contributed by atoms with E-state index in [-0.39, 0.29) is 23.0 Å². The van der Waals surface area contributed by atoms with Gasteiger partial charge in [0.25, 0.3) is 0 Å². The minimum absolute atomic E-state index is 0.0611. The van der Waals surface area contributed by atoms with Gasteiger partial charge in [0, 0.05) is 12.1 Å². The number of amidine groups is 1. The van der Waals surface area contributed by atoms with E-state index in [1.54, 1.807) is 36.4 Å². The Balaban J connectivity index is 1.99. The summed E-state index contributed by atoms with van der Waals surface area (Å²) in [6.45, 7) is 3.76. The summed E-state index contributed by atoms with van der Waals surface area (Å²) >= 11 is 0. The molecule has 0 saturated heterocycles. The molecule has 154 valence electrons. The topological polar surface area (TPSA) is 135 Å². The summed E-state index contributed by atoms with van der Waals surface area (Å²) in [5, 5.41) is 19.3. The number of benzene rings is 1. The normalized spacial score (nSPS) is 10.7. The number of H-pyrrole nitrogens is 1. The van der Waals surface area contributed by atoms with Gasteiger partial charge in [-0.1, -0.05) is 12.1 Å². The minimum Gasteiger partial charge on any atom is -0.464 e. The van der Waals surface area contributed by atoms with Crippen molar-refractivity contribution in [2.45, 2.75) is 19.9 Å². The lowest BCUT2D eigenvalue weighted by atomic mass is 10.1. The second-order valence-electron chi connectivity index (χ2n) is 6.78. The van der Waals surface area contributed by atoms with Crippen LogP contribution in [0.15, 0.2) is 47.3 Å². The molecule has 9 heteroatoms. The molecule has 0 saturated carbocycles. The maximum absolute atomic E-state index is 12.7. The van der Waals surface area contributed by atoms with E-state index in [2.05, 4.69) is 20.0 Å². The van der Waals surface area contributed by atoms with Gasteiger partial charge in [0.15, 0.2) is 11.3 Å². The average molecular weight is 406 g/mol. The number of fused-ring (bicyclic) bond motifs is 1. The van der Waals surface area contributed by atoms with Crippen LogP contribution in [0.2, 0.25) is 0 Å². The second-order valence-corrected chi connectivity index (χ2v) is 6.78. The van der Waals surface area contributed by atoms with Gasteiger partial charge in [0.1, 0.15) is 17.2 Å². The first-order valence-electron chi connectivity index (χ1n) is 9.22. The fourth-order valence-electron chi connectivity index (χ4n) is 3.01. The van der Waals surface area contributed by atoms with E-state index in [0.29, 0.717) is 28.1 Å². The Morgan fingerprint density at radius 2 is 2.00 bits per heavy atom. The van der Waals surface area contributed by atoms with Crippen molar-refractivity contribution in [3.63, 3.8) is 0 Å². The van der Waals surface area contributed by atoms with Crippen molar-refractivity contribution >= 4 is 40.6 Å². The zero-order chi connectivity index (χ0) is 21.8. The third kappa shape index (κ3) is 4.04. The standard InChI is InChI=1S/C21H22N6O3/c1-12(2)27(11-22)20(23)15-8-5-9-18(26-15)25-14-7-4-6-13-19(14)17(28)10-16(24-13)21(29)30-3/h4-12,22-23H,1-3H3,(H,24,28)(H,25,26). The Kier molecular flexibility index (Phi) is 5.91. The molecule has 0 fully saturated rings. The summed E-state index contributed by atoms with van der Waals surface area (Å²) in [6.07, 6.45) is 1.10. The molecule has 0 aliphatic carbocycles. The fourth-order valence-corrected chi connectivity index (χ4v) is 3.01. The number of esters is 1. The van der Waals surface area contributed by atoms with Gasteiger partial charge in [-0.2, -0.15) is 0 Å². The lowest BCUT2D eigenvalue weighted by molar-refractivity contribution is 0.0594. The van der Waals surface area contributed by atoms with Crippen molar-refractivity contribution in [2.75, 3.05) is 12.4 Å². The molecule has 1 aromatic carbocycles. The Morgan fingerprint density at radius 3 is 2.67 bits per heavy atom. The van der Waals surface area contributed by atoms with Crippen molar-refractivity contribution in [3.05, 3.63) is 64.1 Å². The molecular formula is C21H22N6O3. The van der Waals surface area contributed by atoms with Gasteiger partial charge in [-0.05, 0) is 38.1 Å². The highest BCUT2D eigenvalue weighted by Crippen LogP contribution is 2.23. The van der Waals surface area contributed by atoms with Crippen LogP contribution in [-0.2, 0) is 4.74 Å². The predicted octanol–water partition coefficient (Wildman–Crippen LogP) is 3.10. The van der Waals surface area contributed by atoms with Crippen LogP contribution in [0.4, 0.5) is 11.5 Å². The van der Waals surface area contributed by atoms with Gasteiger partial charge in [0.05, 0.1) is 30.0 Å². The number of ether oxygens (including phenoxy) is 1. The van der Waals surface area contributed by atoms with Crippen LogP contribution >= 0.6 is 0 Å². The molecule has 3 rings (SSSR count). The first-order chi connectivity index (χ1) is 14.3. The summed E-state index contributed by atoms with van der Waals surface area (Å²) < 4.78 is 4.67. The number of methoxy groups -OCH3 is 1. The molecule has 0 amide bonds. The summed E-state index contributed by atoms with van der Waals surface area (Å²) in [5.41, 5.74) is 1.10. The van der Waals surface area contributed by atoms with E-state index < -0.39 is 5.97 Å². The molecule has 0 spiro atoms. The molecule has 2 heterocycles. The van der Waals surface area contributed by atoms with Gasteiger partial charge >= 0.3 is 5.97 Å². The largest absolute Gasteiger partial charge is 0.464 e. The summed E-state index contributed by atoms with van der Waals surface area (Å²) in [4.78, 5) is 33.3. The molecular weight excluding hydrogens is 384 g/mol. The number of nitrogens with one attached hydrogen (secondary N) is 4. The van der Waals surface area contributed by atoms with Crippen LogP contribution in [0, 0.1) is 10.8 Å². The second kappa shape index (κ2) is 8.56. The highest BCUT2D eigenvalue weighted by atomic mass is 16.5. The molecule has 3 aromatic rings. The monoisotopic (exact) mass is 406 g/mol. The van der Waals surface area contributed by atoms with Crippen molar-refractivity contribution in [1.82, 2.24) is 14.9 Å². The number of nitrogens with zero attached hydrogens (tertiary/aromatic N) is 2. The lowest BCUT2D eigenvalue weighted by Crippen LogP contribution is -2.36. The van der Waals surface area contributed by atoms with Crippen LogP contribution in [0.3, 0.4) is 0 Å². The lowest BCUT2D eigenvalue weighted by Gasteiger charge is -2.23. The van der Waals surface area contributed by atoms with E-state index in [1.165, 1.54) is 18.1 Å². The zero-order valence-corrected chi connectivity index (χ0v) is 16.8. The summed E-state index contributed by atoms with van der Waals surface area (Å²) in [7, 11) is 1.25. The fraction of sp³-hybridized carbons (Fsp3) is 0.190. The predicted molar refractivity (Wildman–Crippen MR) is 116 cm³/mol. The molecule has 9 nitrogen and oxygen atoms in total. The molecule has 0 aliphatic rings. The first-order valence-corrected chi connectivity index (χ1v) is 9.22. The number of carbonyl (C=O) groups is 1. The Morgan fingerprint density at radius 1 is 1.27 bits per heavy atom. The van der Waals surface area contributed by atoms with Gasteiger partial charge in [-0.3, -0.25) is 15.6 Å². The van der Waals surface area contributed by atoms with Crippen molar-refractivity contribution in [3.8, 4) is 0 Å². The molecule has 0 aliphatic heterocycles. The van der Waals surface area contributed by atoms with Crippen LogP contribution in [-0.4, -0.2) is 46.2 Å². The number of hydrogen-bond donors (Lipinski definition) is 4. The zero-order valence-electron chi connectivity index (χ0n) is 16.8. The maximum atomic E-state index is 12.7. The molecule has 4 N–H and O–H groups in total. The van der Waals surface area contributed by atoms with Gasteiger partial charge in [0.2, 0.25) is 0 Å². The summed E-state index contributed by atoms with van der Waals surface area (Å²) in [6, 6.07) is 11.4. The Bertz CT molecular complexity index is 1180. The van der Waals surface area contributed by atoms with E-state index in [0.717, 1.165) is 6.34 Å². The van der Waals surface area contributed by atoms with Crippen LogP contribution in [0.25, 0.3) is 10.9 Å². The number of aromatic nitrogens is 2. The van der Waals surface area contributed by atoms with Crippen molar-refractivity contribution in [1.29, 1.82) is 10.8 Å². The smallest absolute Gasteiger partial charge is 0.354 e. The van der Waals surface area contributed by atoms with Gasteiger partial charge in [-0.15, -0.1) is 0 Å². The first kappa shape index (κ1) is 20.7. The Labute approximate surface area is 172 Å². The van der Waals surface area contributed by atoms with Gasteiger partial charge in [-0.25, -0.2) is 9.78 Å². The Hall–Kier alpha value is -4.01. The number of hydrogen-bond acceptors (Lipinski definition) is 7. The van der Waals surface area contributed by atoms with Gasteiger partial charge < -0.3 is 19.9 Å². The molecule has 0 radical (unpaired) electrons. The highest BCUT2D eigenvalue weighted by molar-refractivity contribution is 6.01. The van der Waals surface area contributed by atoms with E-state index >= 15 is 0 Å². The van der Waals surface area contributed by atoms with E-state index in [9.17, 15) is 9.59 Å². The number of pyridine rings is 2. The number of rotatable bonds is 6. The number of aromatic amines is 1. The van der Waals surface area contributed by atoms with Crippen molar-refractivity contribution < 1.29 is 9.53 Å². The molecule has 0 bridgehead atoms. The van der Waals surface area contributed by atoms with Crippen LogP contribution in [0.1, 0.15) is 30.0 Å². The third-order valence-electron chi connectivity index (χ3n) is 4.47. The quantitative estimate of drug-likeness (QED) is 0.282. The molecule has 2 aromatic heterocycles. The van der Waals surface area contributed by atoms with Crippen LogP contribution in [0.5, 0.6) is 0 Å². The van der Waals surface area contributed by atoms with Crippen LogP contribution < -0.4 is 10.7 Å². The SMILES string of the molecule is COC(=O)c1cc(=O)c2c(Nc3cccc(C(=N)N(C=N)C(C)C)n3)cccc2[nH]1. The number of carbonyl (C=O) groups excluding carboxylic acids is 1. The molecule has 30 heavy (non-hydrogen) atoms. The average Bonchev–Trinajstić information content (AvgIpc) is 2.73. The maximum Gasteiger partial charge on any atom is 0.354 e. The van der Waals surface area contributed by atoms with E-state index in [1.807, 2.05) is 13.8 Å². The molecule has 0 atom stereocenters.